The van der Waals surface area contributed by atoms with Crippen LogP contribution in [0.5, 0.6) is 0 Å². The molecule has 2 aromatic rings. The minimum absolute atomic E-state index is 0.173. The van der Waals surface area contributed by atoms with E-state index in [0.29, 0.717) is 25.6 Å². The van der Waals surface area contributed by atoms with Crippen LogP contribution in [0.1, 0.15) is 23.2 Å². The number of aryl methyl sites for hydroxylation is 1. The molecule has 0 aliphatic carbocycles. The average molecular weight is 400 g/mol. The molecule has 6 nitrogen and oxygen atoms in total. The molecular weight excluding hydrogens is 377 g/mol. The Hall–Kier alpha value is -2.36. The summed E-state index contributed by atoms with van der Waals surface area (Å²) in [6, 6.07) is 2.28. The lowest BCUT2D eigenvalue weighted by Gasteiger charge is -2.14. The minimum Gasteiger partial charge on any atom is -0.368 e. The normalized spacial score (nSPS) is 12.1. The van der Waals surface area contributed by atoms with Crippen LogP contribution in [0, 0.1) is 6.92 Å². The van der Waals surface area contributed by atoms with Crippen LogP contribution in [-0.2, 0) is 12.6 Å². The van der Waals surface area contributed by atoms with E-state index in [1.807, 2.05) is 19.2 Å². The van der Waals surface area contributed by atoms with Crippen LogP contribution in [0.25, 0.3) is 0 Å². The highest BCUT2D eigenvalue weighted by atomic mass is 32.1. The number of alkyl halides is 3. The van der Waals surface area contributed by atoms with E-state index in [1.165, 1.54) is 12.3 Å². The third-order valence-electron chi connectivity index (χ3n) is 3.47. The van der Waals surface area contributed by atoms with Crippen molar-refractivity contribution in [2.45, 2.75) is 26.4 Å². The van der Waals surface area contributed by atoms with Crippen LogP contribution in [0.3, 0.4) is 0 Å². The van der Waals surface area contributed by atoms with Crippen LogP contribution >= 0.6 is 11.3 Å². The molecule has 0 aromatic carbocycles. The SMILES string of the molecule is CCNC(=NCCc1csc(C)n1)NCCNc1ncccc1C(F)(F)F. The van der Waals surface area contributed by atoms with Crippen molar-refractivity contribution in [3.8, 4) is 0 Å². The summed E-state index contributed by atoms with van der Waals surface area (Å²) in [6.45, 7) is 5.84. The largest absolute Gasteiger partial charge is 0.419 e. The Kier molecular flexibility index (Phi) is 7.83. The molecule has 2 rings (SSSR count). The lowest BCUT2D eigenvalue weighted by atomic mass is 10.2. The first-order valence-corrected chi connectivity index (χ1v) is 9.47. The molecule has 0 saturated heterocycles. The molecule has 0 aliphatic heterocycles. The maximum absolute atomic E-state index is 12.9. The van der Waals surface area contributed by atoms with Gasteiger partial charge in [-0.1, -0.05) is 0 Å². The molecule has 0 fully saturated rings. The summed E-state index contributed by atoms with van der Waals surface area (Å²) in [4.78, 5) is 12.6. The van der Waals surface area contributed by atoms with Gasteiger partial charge in [0.2, 0.25) is 0 Å². The fourth-order valence-electron chi connectivity index (χ4n) is 2.28. The second-order valence-electron chi connectivity index (χ2n) is 5.62. The number of aromatic nitrogens is 2. The number of aliphatic imine (C=N–C) groups is 1. The third-order valence-corrected chi connectivity index (χ3v) is 4.29. The maximum Gasteiger partial charge on any atom is 0.419 e. The van der Waals surface area contributed by atoms with Crippen LogP contribution in [0.15, 0.2) is 28.7 Å². The monoisotopic (exact) mass is 400 g/mol. The first kappa shape index (κ1) is 20.9. The number of halogens is 3. The van der Waals surface area contributed by atoms with Crippen LogP contribution < -0.4 is 16.0 Å². The summed E-state index contributed by atoms with van der Waals surface area (Å²) in [5.41, 5.74) is 0.234. The molecule has 0 spiro atoms. The van der Waals surface area contributed by atoms with Crippen molar-refractivity contribution < 1.29 is 13.2 Å². The van der Waals surface area contributed by atoms with Crippen molar-refractivity contribution in [2.75, 3.05) is 31.5 Å². The molecule has 0 amide bonds. The number of anilines is 1. The Balaban J connectivity index is 1.81. The van der Waals surface area contributed by atoms with Gasteiger partial charge in [0.05, 0.1) is 16.3 Å². The van der Waals surface area contributed by atoms with Gasteiger partial charge >= 0.3 is 6.18 Å². The second kappa shape index (κ2) is 10.1. The number of nitrogens with one attached hydrogen (secondary N) is 3. The van der Waals surface area contributed by atoms with E-state index in [1.54, 1.807) is 11.3 Å². The molecule has 2 aromatic heterocycles. The topological polar surface area (TPSA) is 74.2 Å². The summed E-state index contributed by atoms with van der Waals surface area (Å²) < 4.78 is 38.8. The van der Waals surface area contributed by atoms with Crippen molar-refractivity contribution in [1.29, 1.82) is 0 Å². The zero-order chi connectivity index (χ0) is 19.7. The van der Waals surface area contributed by atoms with Gasteiger partial charge in [-0.2, -0.15) is 13.2 Å². The number of pyridine rings is 1. The summed E-state index contributed by atoms with van der Waals surface area (Å²) in [5.74, 6) is 0.441. The molecule has 148 valence electrons. The number of guanidine groups is 1. The van der Waals surface area contributed by atoms with Crippen LogP contribution in [0.4, 0.5) is 19.0 Å². The standard InChI is InChI=1S/C17H23F3N6S/c1-3-21-16(24-8-6-13-11-27-12(2)26-13)25-10-9-23-15-14(17(18,19)20)5-4-7-22-15/h4-5,7,11H,3,6,8-10H2,1-2H3,(H,22,23)(H2,21,24,25). The van der Waals surface area contributed by atoms with Gasteiger partial charge in [-0.15, -0.1) is 11.3 Å². The predicted molar refractivity (Wildman–Crippen MR) is 102 cm³/mol. The zero-order valence-corrected chi connectivity index (χ0v) is 16.0. The van der Waals surface area contributed by atoms with Gasteiger partial charge in [-0.05, 0) is 26.0 Å². The number of nitrogens with zero attached hydrogens (tertiary/aromatic N) is 3. The van der Waals surface area contributed by atoms with Crippen molar-refractivity contribution in [3.63, 3.8) is 0 Å². The molecule has 2 heterocycles. The first-order chi connectivity index (χ1) is 12.9. The fourth-order valence-corrected chi connectivity index (χ4v) is 2.93. The van der Waals surface area contributed by atoms with Crippen molar-refractivity contribution in [2.24, 2.45) is 4.99 Å². The van der Waals surface area contributed by atoms with Gasteiger partial charge in [-0.3, -0.25) is 4.99 Å². The third kappa shape index (κ3) is 7.05. The quantitative estimate of drug-likeness (QED) is 0.361. The van der Waals surface area contributed by atoms with Gasteiger partial charge in [0.25, 0.3) is 0 Å². The van der Waals surface area contributed by atoms with E-state index < -0.39 is 11.7 Å². The highest BCUT2D eigenvalue weighted by Crippen LogP contribution is 2.33. The Labute approximate surface area is 160 Å². The van der Waals surface area contributed by atoms with E-state index in [9.17, 15) is 13.2 Å². The predicted octanol–water partition coefficient (Wildman–Crippen LogP) is 3.08. The molecule has 27 heavy (non-hydrogen) atoms. The molecule has 0 atom stereocenters. The number of rotatable bonds is 8. The molecular formula is C17H23F3N6S. The Bertz CT molecular complexity index is 744. The maximum atomic E-state index is 12.9. The Morgan fingerprint density at radius 1 is 1.26 bits per heavy atom. The highest BCUT2D eigenvalue weighted by Gasteiger charge is 2.33. The van der Waals surface area contributed by atoms with Gasteiger partial charge in [0.1, 0.15) is 5.82 Å². The average Bonchev–Trinajstić information content (AvgIpc) is 3.03. The molecule has 0 unspecified atom stereocenters. The Morgan fingerprint density at radius 2 is 2.07 bits per heavy atom. The van der Waals surface area contributed by atoms with Gasteiger partial charge in [0.15, 0.2) is 5.96 Å². The number of hydrogen-bond donors (Lipinski definition) is 3. The highest BCUT2D eigenvalue weighted by molar-refractivity contribution is 7.09. The van der Waals surface area contributed by atoms with Gasteiger partial charge in [0, 0.05) is 44.2 Å². The summed E-state index contributed by atoms with van der Waals surface area (Å²) >= 11 is 1.61. The van der Waals surface area contributed by atoms with E-state index in [0.717, 1.165) is 23.2 Å². The van der Waals surface area contributed by atoms with E-state index in [2.05, 4.69) is 30.9 Å². The summed E-state index contributed by atoms with van der Waals surface area (Å²) in [7, 11) is 0. The summed E-state index contributed by atoms with van der Waals surface area (Å²) in [5, 5.41) is 12.0. The zero-order valence-electron chi connectivity index (χ0n) is 15.2. The minimum atomic E-state index is -4.44. The van der Waals surface area contributed by atoms with E-state index in [4.69, 9.17) is 0 Å². The second-order valence-corrected chi connectivity index (χ2v) is 6.68. The van der Waals surface area contributed by atoms with Crippen LogP contribution in [0.2, 0.25) is 0 Å². The smallest absolute Gasteiger partial charge is 0.368 e. The summed E-state index contributed by atoms with van der Waals surface area (Å²) in [6.07, 6.45) is -2.37. The van der Waals surface area contributed by atoms with Crippen molar-refractivity contribution in [1.82, 2.24) is 20.6 Å². The van der Waals surface area contributed by atoms with E-state index >= 15 is 0 Å². The molecule has 3 N–H and O–H groups in total. The molecule has 0 saturated carbocycles. The molecule has 10 heteroatoms. The first-order valence-electron chi connectivity index (χ1n) is 8.59. The van der Waals surface area contributed by atoms with Gasteiger partial charge in [-0.25, -0.2) is 9.97 Å². The number of hydrogen-bond acceptors (Lipinski definition) is 5. The number of thiazole rings is 1. The van der Waals surface area contributed by atoms with E-state index in [-0.39, 0.29) is 12.4 Å². The lowest BCUT2D eigenvalue weighted by molar-refractivity contribution is -0.137. The molecule has 0 bridgehead atoms. The molecule has 0 aliphatic rings. The lowest BCUT2D eigenvalue weighted by Crippen LogP contribution is -2.39. The molecule has 0 radical (unpaired) electrons. The van der Waals surface area contributed by atoms with Crippen LogP contribution in [-0.4, -0.2) is 42.1 Å². The fraction of sp³-hybridized carbons (Fsp3) is 0.471. The van der Waals surface area contributed by atoms with Gasteiger partial charge < -0.3 is 16.0 Å². The van der Waals surface area contributed by atoms with Crippen molar-refractivity contribution in [3.05, 3.63) is 40.0 Å². The Morgan fingerprint density at radius 3 is 2.74 bits per heavy atom. The van der Waals surface area contributed by atoms with Crippen molar-refractivity contribution >= 4 is 23.1 Å².